The van der Waals surface area contributed by atoms with Crippen molar-refractivity contribution in [2.24, 2.45) is 0 Å². The van der Waals surface area contributed by atoms with E-state index in [2.05, 4.69) is 36.9 Å². The van der Waals surface area contributed by atoms with Crippen LogP contribution in [-0.4, -0.2) is 5.97 Å². The summed E-state index contributed by atoms with van der Waals surface area (Å²) in [4.78, 5) is 12.1. The van der Waals surface area contributed by atoms with E-state index in [9.17, 15) is 4.79 Å². The molecule has 0 heterocycles. The zero-order chi connectivity index (χ0) is 18.2. The van der Waals surface area contributed by atoms with Crippen LogP contribution in [0.5, 0.6) is 5.75 Å². The zero-order valence-electron chi connectivity index (χ0n) is 15.5. The van der Waals surface area contributed by atoms with Gasteiger partial charge in [-0.25, -0.2) is 0 Å². The van der Waals surface area contributed by atoms with E-state index < -0.39 is 0 Å². The minimum Gasteiger partial charge on any atom is -0.427 e. The van der Waals surface area contributed by atoms with Crippen molar-refractivity contribution in [2.45, 2.75) is 57.8 Å². The highest BCUT2D eigenvalue weighted by atomic mass is 16.5. The molecule has 136 valence electrons. The second-order valence-electron chi connectivity index (χ2n) is 7.08. The van der Waals surface area contributed by atoms with Crippen molar-refractivity contribution in [3.8, 4) is 16.9 Å². The second-order valence-corrected chi connectivity index (χ2v) is 7.08. The number of benzene rings is 2. The molecule has 0 bridgehead atoms. The first-order valence-corrected chi connectivity index (χ1v) is 9.80. The van der Waals surface area contributed by atoms with Crippen LogP contribution in [0.2, 0.25) is 0 Å². The monoisotopic (exact) mass is 348 g/mol. The molecule has 2 aromatic rings. The number of carbonyl (C=O) groups excluding carboxylic acids is 1. The maximum absolute atomic E-state index is 12.1. The number of carbonyl (C=O) groups is 1. The van der Waals surface area contributed by atoms with Gasteiger partial charge in [-0.3, -0.25) is 4.79 Å². The molecule has 1 aliphatic carbocycles. The summed E-state index contributed by atoms with van der Waals surface area (Å²) in [6.45, 7) is 3.74. The number of unbranched alkanes of at least 4 members (excludes halogenated alkanes) is 6. The highest BCUT2D eigenvalue weighted by Gasteiger charge is 2.18. The van der Waals surface area contributed by atoms with Gasteiger partial charge in [0.25, 0.3) is 0 Å². The third-order valence-electron chi connectivity index (χ3n) is 5.04. The molecule has 1 aliphatic rings. The van der Waals surface area contributed by atoms with E-state index >= 15 is 0 Å². The van der Waals surface area contributed by atoms with Crippen LogP contribution in [0.25, 0.3) is 11.1 Å². The van der Waals surface area contributed by atoms with Gasteiger partial charge >= 0.3 is 5.97 Å². The first kappa shape index (κ1) is 18.4. The Bertz CT molecular complexity index is 761. The van der Waals surface area contributed by atoms with Crippen molar-refractivity contribution in [3.63, 3.8) is 0 Å². The van der Waals surface area contributed by atoms with Gasteiger partial charge in [0.15, 0.2) is 0 Å². The Kier molecular flexibility index (Phi) is 6.65. The fraction of sp³-hybridized carbons (Fsp3) is 0.375. The Morgan fingerprint density at radius 2 is 1.65 bits per heavy atom. The fourth-order valence-electron chi connectivity index (χ4n) is 3.63. The quantitative estimate of drug-likeness (QED) is 0.182. The Balaban J connectivity index is 1.40. The smallest absolute Gasteiger partial charge is 0.311 e. The number of hydrogen-bond acceptors (Lipinski definition) is 2. The van der Waals surface area contributed by atoms with Crippen molar-refractivity contribution in [3.05, 3.63) is 66.2 Å². The zero-order valence-corrected chi connectivity index (χ0v) is 15.5. The number of hydrogen-bond donors (Lipinski definition) is 0. The molecule has 2 heteroatoms. The molecule has 0 atom stereocenters. The summed E-state index contributed by atoms with van der Waals surface area (Å²) in [5.41, 5.74) is 5.15. The molecule has 0 N–H and O–H groups in total. The van der Waals surface area contributed by atoms with Gasteiger partial charge < -0.3 is 4.74 Å². The highest BCUT2D eigenvalue weighted by molar-refractivity contribution is 5.78. The summed E-state index contributed by atoms with van der Waals surface area (Å²) < 4.78 is 5.55. The van der Waals surface area contributed by atoms with Gasteiger partial charge in [-0.05, 0) is 60.1 Å². The summed E-state index contributed by atoms with van der Waals surface area (Å²) in [5.74, 6) is 0.554. The van der Waals surface area contributed by atoms with E-state index in [1.54, 1.807) is 0 Å². The molecule has 0 amide bonds. The number of allylic oxidation sites excluding steroid dienone is 1. The average molecular weight is 348 g/mol. The van der Waals surface area contributed by atoms with E-state index in [0.29, 0.717) is 12.2 Å². The molecule has 0 unspecified atom stereocenters. The Hall–Kier alpha value is -2.35. The third kappa shape index (κ3) is 4.85. The van der Waals surface area contributed by atoms with Crippen LogP contribution in [-0.2, 0) is 11.2 Å². The van der Waals surface area contributed by atoms with Gasteiger partial charge in [0.1, 0.15) is 5.75 Å². The molecule has 26 heavy (non-hydrogen) atoms. The van der Waals surface area contributed by atoms with Crippen molar-refractivity contribution < 1.29 is 9.53 Å². The normalized spacial score (nSPS) is 11.7. The van der Waals surface area contributed by atoms with Crippen molar-refractivity contribution in [1.82, 2.24) is 0 Å². The maximum Gasteiger partial charge on any atom is 0.311 e. The predicted molar refractivity (Wildman–Crippen MR) is 107 cm³/mol. The lowest BCUT2D eigenvalue weighted by atomic mass is 10.1. The maximum atomic E-state index is 12.1. The van der Waals surface area contributed by atoms with Gasteiger partial charge in [-0.2, -0.15) is 0 Å². The van der Waals surface area contributed by atoms with Gasteiger partial charge in [-0.1, -0.05) is 62.1 Å². The summed E-state index contributed by atoms with van der Waals surface area (Å²) in [7, 11) is 0. The Morgan fingerprint density at radius 3 is 2.50 bits per heavy atom. The molecule has 0 aliphatic heterocycles. The summed E-state index contributed by atoms with van der Waals surface area (Å²) >= 11 is 0. The van der Waals surface area contributed by atoms with Crippen LogP contribution in [0.1, 0.15) is 62.5 Å². The first-order chi connectivity index (χ1) is 12.8. The van der Waals surface area contributed by atoms with E-state index in [1.807, 2.05) is 18.2 Å². The molecular weight excluding hydrogens is 320 g/mol. The second kappa shape index (κ2) is 9.38. The van der Waals surface area contributed by atoms with Crippen LogP contribution < -0.4 is 4.74 Å². The van der Waals surface area contributed by atoms with E-state index in [1.165, 1.54) is 47.9 Å². The van der Waals surface area contributed by atoms with Gasteiger partial charge in [-0.15, -0.1) is 6.58 Å². The van der Waals surface area contributed by atoms with Crippen LogP contribution in [0.3, 0.4) is 0 Å². The van der Waals surface area contributed by atoms with E-state index in [-0.39, 0.29) is 5.97 Å². The molecule has 0 fully saturated rings. The molecule has 0 aromatic heterocycles. The Morgan fingerprint density at radius 1 is 0.923 bits per heavy atom. The SMILES string of the molecule is C=CCCCCCCCCC(=O)Oc1ccc2c(c1)Cc1ccccc1-2. The lowest BCUT2D eigenvalue weighted by Gasteiger charge is -2.07. The lowest BCUT2D eigenvalue weighted by molar-refractivity contribution is -0.134. The average Bonchev–Trinajstić information content (AvgIpc) is 3.01. The van der Waals surface area contributed by atoms with Crippen molar-refractivity contribution in [1.29, 1.82) is 0 Å². The minimum absolute atomic E-state index is 0.118. The van der Waals surface area contributed by atoms with Crippen LogP contribution >= 0.6 is 0 Å². The van der Waals surface area contributed by atoms with Gasteiger partial charge in [0, 0.05) is 6.42 Å². The molecule has 0 saturated heterocycles. The predicted octanol–water partition coefficient (Wildman–Crippen LogP) is 6.47. The summed E-state index contributed by atoms with van der Waals surface area (Å²) in [5, 5.41) is 0. The van der Waals surface area contributed by atoms with Gasteiger partial charge in [0.05, 0.1) is 0 Å². The fourth-order valence-corrected chi connectivity index (χ4v) is 3.63. The molecule has 2 nitrogen and oxygen atoms in total. The molecule has 0 saturated carbocycles. The molecular formula is C24H28O2. The topological polar surface area (TPSA) is 26.3 Å². The van der Waals surface area contributed by atoms with Crippen LogP contribution in [0.4, 0.5) is 0 Å². The van der Waals surface area contributed by atoms with Crippen molar-refractivity contribution in [2.75, 3.05) is 0 Å². The largest absolute Gasteiger partial charge is 0.427 e. The Labute approximate surface area is 156 Å². The molecule has 2 aromatic carbocycles. The highest BCUT2D eigenvalue weighted by Crippen LogP contribution is 2.38. The van der Waals surface area contributed by atoms with Crippen molar-refractivity contribution >= 4 is 5.97 Å². The summed E-state index contributed by atoms with van der Waals surface area (Å²) in [6, 6.07) is 14.5. The molecule has 3 rings (SSSR count). The minimum atomic E-state index is -0.118. The third-order valence-corrected chi connectivity index (χ3v) is 5.04. The van der Waals surface area contributed by atoms with Crippen LogP contribution in [0, 0.1) is 0 Å². The number of ether oxygens (including phenoxy) is 1. The first-order valence-electron chi connectivity index (χ1n) is 9.80. The number of fused-ring (bicyclic) bond motifs is 3. The van der Waals surface area contributed by atoms with Gasteiger partial charge in [0.2, 0.25) is 0 Å². The lowest BCUT2D eigenvalue weighted by Crippen LogP contribution is -2.07. The summed E-state index contributed by atoms with van der Waals surface area (Å²) in [6.07, 6.45) is 11.5. The number of esters is 1. The van der Waals surface area contributed by atoms with Crippen LogP contribution in [0.15, 0.2) is 55.1 Å². The number of rotatable bonds is 10. The van der Waals surface area contributed by atoms with E-state index in [4.69, 9.17) is 4.74 Å². The molecule has 0 radical (unpaired) electrons. The molecule has 0 spiro atoms. The van der Waals surface area contributed by atoms with E-state index in [0.717, 1.165) is 25.7 Å². The standard InChI is InChI=1S/C24H28O2/c1-2-3-4-5-6-7-8-9-14-24(25)26-21-15-16-23-20(18-21)17-19-12-10-11-13-22(19)23/h2,10-13,15-16,18H,1,3-9,14,17H2.